The molecule has 0 radical (unpaired) electrons. The van der Waals surface area contributed by atoms with Crippen LogP contribution in [0.5, 0.6) is 0 Å². The number of carbonyl (C=O) groups excluding carboxylic acids is 1. The highest BCUT2D eigenvalue weighted by atomic mass is 32.2. The average Bonchev–Trinajstić information content (AvgIpc) is 3.30. The summed E-state index contributed by atoms with van der Waals surface area (Å²) in [5.74, 6) is 0.766. The van der Waals surface area contributed by atoms with Crippen LogP contribution in [0.15, 0.2) is 53.7 Å². The number of thiazole rings is 1. The van der Waals surface area contributed by atoms with Gasteiger partial charge in [-0.15, -0.1) is 10.2 Å². The normalized spacial score (nSPS) is 12.2. The van der Waals surface area contributed by atoms with Gasteiger partial charge in [-0.25, -0.2) is 4.98 Å². The van der Waals surface area contributed by atoms with Crippen LogP contribution >= 0.6 is 23.1 Å². The number of nitrogens with one attached hydrogen (secondary N) is 1. The second-order valence-corrected chi connectivity index (χ2v) is 8.86. The highest BCUT2D eigenvalue weighted by molar-refractivity contribution is 7.98. The first kappa shape index (κ1) is 20.4. The number of hydrogen-bond acceptors (Lipinski definition) is 7. The smallest absolute Gasteiger partial charge is 0.249 e. The zero-order chi connectivity index (χ0) is 21.1. The van der Waals surface area contributed by atoms with Crippen molar-refractivity contribution in [2.24, 2.45) is 0 Å². The van der Waals surface area contributed by atoms with Gasteiger partial charge in [-0.3, -0.25) is 9.36 Å². The molecule has 154 valence electrons. The van der Waals surface area contributed by atoms with E-state index in [1.807, 2.05) is 44.2 Å². The van der Waals surface area contributed by atoms with Crippen molar-refractivity contribution in [3.63, 3.8) is 0 Å². The lowest BCUT2D eigenvalue weighted by Gasteiger charge is -2.18. The number of amides is 1. The van der Waals surface area contributed by atoms with Crippen LogP contribution in [-0.2, 0) is 10.5 Å². The van der Waals surface area contributed by atoms with Crippen LogP contribution in [0.1, 0.15) is 30.5 Å². The molecule has 1 unspecified atom stereocenters. The number of hydrogen-bond donors (Lipinski definition) is 2. The molecule has 0 spiro atoms. The first-order chi connectivity index (χ1) is 14.5. The van der Waals surface area contributed by atoms with Crippen LogP contribution in [-0.4, -0.2) is 25.7 Å². The number of nitrogen functional groups attached to an aromatic ring is 1. The number of thioether (sulfide) groups is 1. The third kappa shape index (κ3) is 4.31. The lowest BCUT2D eigenvalue weighted by Crippen LogP contribution is -2.27. The van der Waals surface area contributed by atoms with Gasteiger partial charge in [0.2, 0.25) is 11.9 Å². The molecule has 1 amide bonds. The van der Waals surface area contributed by atoms with E-state index in [1.165, 1.54) is 23.1 Å². The SMILES string of the molecule is CCC(C(=O)Nc1nc2ccc(C)cc2s1)n1c(N)nnc1SCc1ccccc1. The van der Waals surface area contributed by atoms with Gasteiger partial charge in [-0.05, 0) is 36.6 Å². The molecule has 0 bridgehead atoms. The summed E-state index contributed by atoms with van der Waals surface area (Å²) in [6.45, 7) is 3.98. The van der Waals surface area contributed by atoms with Gasteiger partial charge in [0.15, 0.2) is 10.3 Å². The van der Waals surface area contributed by atoms with Crippen molar-refractivity contribution in [1.29, 1.82) is 0 Å². The summed E-state index contributed by atoms with van der Waals surface area (Å²) in [4.78, 5) is 17.6. The molecule has 0 aliphatic heterocycles. The van der Waals surface area contributed by atoms with Crippen molar-refractivity contribution in [3.05, 3.63) is 59.7 Å². The van der Waals surface area contributed by atoms with Crippen LogP contribution in [0.4, 0.5) is 11.1 Å². The van der Waals surface area contributed by atoms with Crippen LogP contribution in [0, 0.1) is 6.92 Å². The fourth-order valence-corrected chi connectivity index (χ4v) is 5.07. The molecule has 7 nitrogen and oxygen atoms in total. The minimum Gasteiger partial charge on any atom is -0.368 e. The molecule has 9 heteroatoms. The first-order valence-corrected chi connectivity index (χ1v) is 11.4. The molecule has 1 atom stereocenters. The average molecular weight is 439 g/mol. The Labute approximate surface area is 182 Å². The van der Waals surface area contributed by atoms with Gasteiger partial charge in [-0.2, -0.15) is 0 Å². The molecule has 0 aliphatic rings. The number of aromatic nitrogens is 4. The molecular formula is C21H22N6OS2. The number of fused-ring (bicyclic) bond motifs is 1. The minimum absolute atomic E-state index is 0.179. The number of carbonyl (C=O) groups is 1. The summed E-state index contributed by atoms with van der Waals surface area (Å²) in [5, 5.41) is 12.3. The van der Waals surface area contributed by atoms with Gasteiger partial charge in [0.05, 0.1) is 10.2 Å². The zero-order valence-electron chi connectivity index (χ0n) is 16.7. The van der Waals surface area contributed by atoms with E-state index >= 15 is 0 Å². The largest absolute Gasteiger partial charge is 0.368 e. The van der Waals surface area contributed by atoms with Crippen LogP contribution < -0.4 is 11.1 Å². The number of aryl methyl sites for hydroxylation is 1. The van der Waals surface area contributed by atoms with E-state index in [0.717, 1.165) is 21.3 Å². The van der Waals surface area contributed by atoms with Crippen molar-refractivity contribution < 1.29 is 4.79 Å². The van der Waals surface area contributed by atoms with Gasteiger partial charge in [0.1, 0.15) is 6.04 Å². The van der Waals surface area contributed by atoms with Gasteiger partial charge in [0, 0.05) is 5.75 Å². The lowest BCUT2D eigenvalue weighted by atomic mass is 10.2. The van der Waals surface area contributed by atoms with Crippen LogP contribution in [0.2, 0.25) is 0 Å². The Hall–Kier alpha value is -2.91. The van der Waals surface area contributed by atoms with Crippen molar-refractivity contribution >= 4 is 50.3 Å². The molecule has 0 saturated carbocycles. The Bertz CT molecular complexity index is 1170. The van der Waals surface area contributed by atoms with E-state index in [1.54, 1.807) is 4.57 Å². The predicted molar refractivity (Wildman–Crippen MR) is 123 cm³/mol. The standard InChI is InChI=1S/C21H22N6OS2/c1-3-16(18(28)24-20-23-15-10-9-13(2)11-17(15)30-20)27-19(22)25-26-21(27)29-12-14-7-5-4-6-8-14/h4-11,16H,3,12H2,1-2H3,(H2,22,25)(H,23,24,28). The summed E-state index contributed by atoms with van der Waals surface area (Å²) in [7, 11) is 0. The quantitative estimate of drug-likeness (QED) is 0.407. The second kappa shape index (κ2) is 8.85. The summed E-state index contributed by atoms with van der Waals surface area (Å²) < 4.78 is 2.75. The topological polar surface area (TPSA) is 98.7 Å². The summed E-state index contributed by atoms with van der Waals surface area (Å²) >= 11 is 2.97. The Morgan fingerprint density at radius 3 is 2.80 bits per heavy atom. The molecule has 4 aromatic rings. The molecule has 0 aliphatic carbocycles. The fourth-order valence-electron chi connectivity index (χ4n) is 3.16. The summed E-state index contributed by atoms with van der Waals surface area (Å²) in [6.07, 6.45) is 0.553. The maximum absolute atomic E-state index is 13.1. The van der Waals surface area contributed by atoms with E-state index < -0.39 is 6.04 Å². The van der Waals surface area contributed by atoms with E-state index in [2.05, 4.69) is 38.7 Å². The fraction of sp³-hybridized carbons (Fsp3) is 0.238. The highest BCUT2D eigenvalue weighted by Gasteiger charge is 2.25. The molecule has 4 rings (SSSR count). The maximum atomic E-state index is 13.1. The molecule has 0 fully saturated rings. The summed E-state index contributed by atoms with van der Waals surface area (Å²) in [6, 6.07) is 15.6. The van der Waals surface area contributed by atoms with Crippen molar-refractivity contribution in [1.82, 2.24) is 19.7 Å². The highest BCUT2D eigenvalue weighted by Crippen LogP contribution is 2.30. The molecule has 0 saturated heterocycles. The Morgan fingerprint density at radius 2 is 2.03 bits per heavy atom. The van der Waals surface area contributed by atoms with Gasteiger partial charge in [-0.1, -0.05) is 66.4 Å². The van der Waals surface area contributed by atoms with Crippen molar-refractivity contribution in [2.75, 3.05) is 11.1 Å². The predicted octanol–water partition coefficient (Wildman–Crippen LogP) is 4.66. The van der Waals surface area contributed by atoms with Crippen molar-refractivity contribution in [2.45, 2.75) is 37.2 Å². The number of nitrogens with two attached hydrogens (primary N) is 1. The van der Waals surface area contributed by atoms with Gasteiger partial charge in [0.25, 0.3) is 0 Å². The molecule has 2 aromatic heterocycles. The lowest BCUT2D eigenvalue weighted by molar-refractivity contribution is -0.119. The van der Waals surface area contributed by atoms with E-state index in [9.17, 15) is 4.79 Å². The van der Waals surface area contributed by atoms with Crippen LogP contribution in [0.25, 0.3) is 10.2 Å². The van der Waals surface area contributed by atoms with E-state index in [0.29, 0.717) is 22.5 Å². The summed E-state index contributed by atoms with van der Waals surface area (Å²) in [5.41, 5.74) is 9.28. The van der Waals surface area contributed by atoms with Gasteiger partial charge >= 0.3 is 0 Å². The molecule has 3 N–H and O–H groups in total. The third-order valence-corrected chi connectivity index (χ3v) is 6.62. The first-order valence-electron chi connectivity index (χ1n) is 9.60. The van der Waals surface area contributed by atoms with Gasteiger partial charge < -0.3 is 11.1 Å². The molecular weight excluding hydrogens is 416 g/mol. The van der Waals surface area contributed by atoms with Crippen LogP contribution in [0.3, 0.4) is 0 Å². The molecule has 2 heterocycles. The number of benzene rings is 2. The Morgan fingerprint density at radius 1 is 1.23 bits per heavy atom. The number of anilines is 2. The third-order valence-electron chi connectivity index (χ3n) is 4.68. The number of rotatable bonds is 7. The Kier molecular flexibility index (Phi) is 6.01. The van der Waals surface area contributed by atoms with Crippen molar-refractivity contribution in [3.8, 4) is 0 Å². The maximum Gasteiger partial charge on any atom is 0.249 e. The monoisotopic (exact) mass is 438 g/mol. The van der Waals surface area contributed by atoms with E-state index in [-0.39, 0.29) is 11.9 Å². The second-order valence-electron chi connectivity index (χ2n) is 6.89. The zero-order valence-corrected chi connectivity index (χ0v) is 18.3. The minimum atomic E-state index is -0.521. The van der Waals surface area contributed by atoms with E-state index in [4.69, 9.17) is 5.73 Å². The molecule has 30 heavy (non-hydrogen) atoms. The molecule has 2 aromatic carbocycles. The Balaban J connectivity index is 1.53. The number of nitrogens with zero attached hydrogens (tertiary/aromatic N) is 4.